The predicted molar refractivity (Wildman–Crippen MR) is 127 cm³/mol. The molecule has 0 fully saturated rings. The van der Waals surface area contributed by atoms with Crippen molar-refractivity contribution in [2.45, 2.75) is 25.1 Å². The van der Waals surface area contributed by atoms with Crippen molar-refractivity contribution in [3.05, 3.63) is 94.9 Å². The van der Waals surface area contributed by atoms with Gasteiger partial charge in [0.15, 0.2) is 11.6 Å². The maximum absolute atomic E-state index is 14.0. The molecule has 2 atom stereocenters. The van der Waals surface area contributed by atoms with E-state index in [1.54, 1.807) is 25.3 Å². The summed E-state index contributed by atoms with van der Waals surface area (Å²) in [6.45, 7) is 0.130. The number of hydrogen-bond donors (Lipinski definition) is 2. The van der Waals surface area contributed by atoms with Gasteiger partial charge in [-0.2, -0.15) is 0 Å². The quantitative estimate of drug-likeness (QED) is 0.409. The van der Waals surface area contributed by atoms with E-state index in [0.29, 0.717) is 12.2 Å². The molecule has 1 aliphatic rings. The van der Waals surface area contributed by atoms with Gasteiger partial charge in [-0.05, 0) is 41.5 Å². The normalized spacial score (nSPS) is 17.3. The zero-order valence-electron chi connectivity index (χ0n) is 18.9. The van der Waals surface area contributed by atoms with Crippen molar-refractivity contribution in [3.63, 3.8) is 0 Å². The van der Waals surface area contributed by atoms with Crippen LogP contribution in [-0.4, -0.2) is 31.2 Å². The summed E-state index contributed by atoms with van der Waals surface area (Å²) in [7, 11) is 2.98. The monoisotopic (exact) mass is 460 g/mol. The van der Waals surface area contributed by atoms with Crippen molar-refractivity contribution in [2.24, 2.45) is 0 Å². The maximum Gasteiger partial charge on any atom is 0.323 e. The molecule has 0 aliphatic carbocycles. The van der Waals surface area contributed by atoms with Gasteiger partial charge in [0, 0.05) is 28.6 Å². The van der Waals surface area contributed by atoms with Gasteiger partial charge >= 0.3 is 5.97 Å². The number of carbonyl (C=O) groups excluding carboxylic acids is 1. The highest BCUT2D eigenvalue weighted by molar-refractivity contribution is 5.87. The van der Waals surface area contributed by atoms with E-state index in [-0.39, 0.29) is 24.4 Å². The zero-order chi connectivity index (χ0) is 23.7. The van der Waals surface area contributed by atoms with E-state index in [1.807, 2.05) is 36.4 Å². The molecule has 0 amide bonds. The number of esters is 1. The Morgan fingerprint density at radius 1 is 1.03 bits per heavy atom. The first-order chi connectivity index (χ1) is 16.6. The average molecular weight is 461 g/mol. The molecular formula is C27H25FN2O4. The lowest BCUT2D eigenvalue weighted by Crippen LogP contribution is -2.45. The highest BCUT2D eigenvalue weighted by Crippen LogP contribution is 2.37. The van der Waals surface area contributed by atoms with Gasteiger partial charge in [-0.1, -0.05) is 36.4 Å². The lowest BCUT2D eigenvalue weighted by atomic mass is 9.89. The molecule has 2 N–H and O–H groups in total. The Morgan fingerprint density at radius 3 is 2.62 bits per heavy atom. The van der Waals surface area contributed by atoms with E-state index in [1.165, 1.54) is 13.2 Å². The Bertz CT molecular complexity index is 1350. The van der Waals surface area contributed by atoms with Crippen molar-refractivity contribution in [3.8, 4) is 11.5 Å². The SMILES string of the molecule is COC(=O)[C@H]1Cc2c([nH]c3ccccc23)[C@@H](c2ccc(OC)c(COc3ccccc3F)c2)N1. The van der Waals surface area contributed by atoms with Crippen LogP contribution in [0.3, 0.4) is 0 Å². The van der Waals surface area contributed by atoms with Gasteiger partial charge in [0.25, 0.3) is 0 Å². The molecule has 174 valence electrons. The van der Waals surface area contributed by atoms with Crippen molar-refractivity contribution in [2.75, 3.05) is 14.2 Å². The number of benzene rings is 3. The predicted octanol–water partition coefficient (Wildman–Crippen LogP) is 4.67. The fourth-order valence-electron chi connectivity index (χ4n) is 4.60. The summed E-state index contributed by atoms with van der Waals surface area (Å²) in [5.74, 6) is 0.0828. The van der Waals surface area contributed by atoms with E-state index < -0.39 is 11.9 Å². The highest BCUT2D eigenvalue weighted by atomic mass is 19.1. The summed E-state index contributed by atoms with van der Waals surface area (Å²) in [5.41, 5.74) is 4.81. The molecule has 7 heteroatoms. The first-order valence-corrected chi connectivity index (χ1v) is 11.1. The van der Waals surface area contributed by atoms with Gasteiger partial charge in [-0.15, -0.1) is 0 Å². The van der Waals surface area contributed by atoms with E-state index in [4.69, 9.17) is 14.2 Å². The first-order valence-electron chi connectivity index (χ1n) is 11.1. The van der Waals surface area contributed by atoms with Crippen LogP contribution in [0.4, 0.5) is 4.39 Å². The summed E-state index contributed by atoms with van der Waals surface area (Å²) >= 11 is 0. The molecule has 0 spiro atoms. The lowest BCUT2D eigenvalue weighted by Gasteiger charge is -2.30. The molecule has 2 heterocycles. The molecule has 0 saturated carbocycles. The van der Waals surface area contributed by atoms with Crippen LogP contribution in [0.1, 0.15) is 28.4 Å². The molecule has 0 saturated heterocycles. The molecule has 0 bridgehead atoms. The zero-order valence-corrected chi connectivity index (χ0v) is 18.9. The third-order valence-corrected chi connectivity index (χ3v) is 6.25. The van der Waals surface area contributed by atoms with Gasteiger partial charge in [0.1, 0.15) is 18.4 Å². The van der Waals surface area contributed by atoms with Crippen LogP contribution < -0.4 is 14.8 Å². The summed E-state index contributed by atoms with van der Waals surface area (Å²) in [5, 5.41) is 4.53. The minimum Gasteiger partial charge on any atom is -0.496 e. The third-order valence-electron chi connectivity index (χ3n) is 6.25. The number of methoxy groups -OCH3 is 2. The average Bonchev–Trinajstić information content (AvgIpc) is 3.25. The summed E-state index contributed by atoms with van der Waals surface area (Å²) in [6, 6.07) is 19.4. The highest BCUT2D eigenvalue weighted by Gasteiger charge is 2.34. The number of H-pyrrole nitrogens is 1. The lowest BCUT2D eigenvalue weighted by molar-refractivity contribution is -0.143. The van der Waals surface area contributed by atoms with E-state index in [9.17, 15) is 9.18 Å². The number of hydrogen-bond acceptors (Lipinski definition) is 5. The van der Waals surface area contributed by atoms with Gasteiger partial charge < -0.3 is 19.2 Å². The van der Waals surface area contributed by atoms with E-state index in [2.05, 4.69) is 16.4 Å². The maximum atomic E-state index is 14.0. The second-order valence-electron chi connectivity index (χ2n) is 8.23. The molecule has 1 aliphatic heterocycles. The van der Waals surface area contributed by atoms with Crippen molar-refractivity contribution in [1.82, 2.24) is 10.3 Å². The molecule has 3 aromatic carbocycles. The van der Waals surface area contributed by atoms with Crippen molar-refractivity contribution >= 4 is 16.9 Å². The summed E-state index contributed by atoms with van der Waals surface area (Å²) < 4.78 is 30.4. The van der Waals surface area contributed by atoms with Gasteiger partial charge in [-0.3, -0.25) is 10.1 Å². The number of halogens is 1. The fraction of sp³-hybridized carbons (Fsp3) is 0.222. The Morgan fingerprint density at radius 2 is 1.82 bits per heavy atom. The van der Waals surface area contributed by atoms with Crippen LogP contribution >= 0.6 is 0 Å². The standard InChI is InChI=1S/C27H25FN2O4/c1-32-23-12-11-16(13-17(23)15-34-24-10-6-4-8-20(24)28)25-26-19(14-22(30-25)27(31)33-2)18-7-3-5-9-21(18)29-26/h3-13,22,25,29-30H,14-15H2,1-2H3/t22-,25-/m1/s1. The van der Waals surface area contributed by atoms with Gasteiger partial charge in [0.05, 0.1) is 20.3 Å². The molecule has 4 aromatic rings. The molecular weight excluding hydrogens is 435 g/mol. The van der Waals surface area contributed by atoms with Crippen LogP contribution in [-0.2, 0) is 22.6 Å². The van der Waals surface area contributed by atoms with E-state index in [0.717, 1.165) is 33.3 Å². The number of fused-ring (bicyclic) bond motifs is 3. The smallest absolute Gasteiger partial charge is 0.323 e. The number of nitrogens with one attached hydrogen (secondary N) is 2. The number of aromatic amines is 1. The van der Waals surface area contributed by atoms with E-state index >= 15 is 0 Å². The van der Waals surface area contributed by atoms with Crippen molar-refractivity contribution < 1.29 is 23.4 Å². The van der Waals surface area contributed by atoms with Crippen LogP contribution in [0, 0.1) is 5.82 Å². The molecule has 1 aromatic heterocycles. The van der Waals surface area contributed by atoms with Crippen LogP contribution in [0.15, 0.2) is 66.7 Å². The fourth-order valence-corrected chi connectivity index (χ4v) is 4.60. The first kappa shape index (κ1) is 22.0. The Balaban J connectivity index is 1.54. The summed E-state index contributed by atoms with van der Waals surface area (Å²) in [6.07, 6.45) is 0.530. The number of carbonyl (C=O) groups is 1. The number of para-hydroxylation sites is 2. The third kappa shape index (κ3) is 3.99. The van der Waals surface area contributed by atoms with Gasteiger partial charge in [0.2, 0.25) is 0 Å². The summed E-state index contributed by atoms with van der Waals surface area (Å²) in [4.78, 5) is 16.0. The van der Waals surface area contributed by atoms with Crippen LogP contribution in [0.5, 0.6) is 11.5 Å². The molecule has 5 rings (SSSR count). The Labute approximate surface area is 196 Å². The molecule has 34 heavy (non-hydrogen) atoms. The second kappa shape index (κ2) is 9.19. The molecule has 6 nitrogen and oxygen atoms in total. The van der Waals surface area contributed by atoms with Crippen molar-refractivity contribution in [1.29, 1.82) is 0 Å². The Kier molecular flexibility index (Phi) is 5.94. The molecule has 0 unspecified atom stereocenters. The van der Waals surface area contributed by atoms with Crippen LogP contribution in [0.2, 0.25) is 0 Å². The minimum absolute atomic E-state index is 0.130. The second-order valence-corrected chi connectivity index (χ2v) is 8.23. The number of ether oxygens (including phenoxy) is 3. The Hall–Kier alpha value is -3.84. The van der Waals surface area contributed by atoms with Crippen LogP contribution in [0.25, 0.3) is 10.9 Å². The van der Waals surface area contributed by atoms with Gasteiger partial charge in [-0.25, -0.2) is 4.39 Å². The minimum atomic E-state index is -0.484. The largest absolute Gasteiger partial charge is 0.496 e. The number of aromatic nitrogens is 1. The molecule has 0 radical (unpaired) electrons. The number of rotatable bonds is 6. The topological polar surface area (TPSA) is 72.6 Å².